The summed E-state index contributed by atoms with van der Waals surface area (Å²) in [4.78, 5) is 30.1. The SMILES string of the molecule is CC(C)c1cccc(C(=O)N2CC[C@@]34OC[C@@H](c5ccccc5)N3C(=O)C[C@@H]24)c1. The van der Waals surface area contributed by atoms with Gasteiger partial charge in [-0.15, -0.1) is 0 Å². The van der Waals surface area contributed by atoms with Crippen molar-refractivity contribution in [3.63, 3.8) is 0 Å². The fraction of sp³-hybridized carbons (Fsp3) is 0.417. The fourth-order valence-electron chi connectivity index (χ4n) is 5.21. The number of carbonyl (C=O) groups is 2. The highest BCUT2D eigenvalue weighted by Gasteiger charge is 2.65. The van der Waals surface area contributed by atoms with Gasteiger partial charge in [0.15, 0.2) is 5.72 Å². The summed E-state index contributed by atoms with van der Waals surface area (Å²) < 4.78 is 6.32. The van der Waals surface area contributed by atoms with Gasteiger partial charge in [0.25, 0.3) is 5.91 Å². The van der Waals surface area contributed by atoms with Crippen molar-refractivity contribution in [1.29, 1.82) is 0 Å². The fourth-order valence-corrected chi connectivity index (χ4v) is 5.21. The molecule has 0 saturated carbocycles. The van der Waals surface area contributed by atoms with Gasteiger partial charge in [0.2, 0.25) is 5.91 Å². The number of nitrogens with zero attached hydrogens (tertiary/aromatic N) is 2. The Balaban J connectivity index is 1.44. The van der Waals surface area contributed by atoms with Gasteiger partial charge in [0.05, 0.1) is 25.1 Å². The first kappa shape index (κ1) is 18.4. The van der Waals surface area contributed by atoms with Crippen LogP contribution in [0.25, 0.3) is 0 Å². The average molecular weight is 390 g/mol. The van der Waals surface area contributed by atoms with Crippen LogP contribution in [0.5, 0.6) is 0 Å². The lowest BCUT2D eigenvalue weighted by Gasteiger charge is -2.33. The largest absolute Gasteiger partial charge is 0.351 e. The zero-order valence-electron chi connectivity index (χ0n) is 16.9. The number of rotatable bonds is 3. The van der Waals surface area contributed by atoms with Crippen LogP contribution >= 0.6 is 0 Å². The highest BCUT2D eigenvalue weighted by atomic mass is 16.5. The van der Waals surface area contributed by atoms with Crippen molar-refractivity contribution in [2.24, 2.45) is 0 Å². The van der Waals surface area contributed by atoms with Crippen molar-refractivity contribution in [2.75, 3.05) is 13.2 Å². The summed E-state index contributed by atoms with van der Waals surface area (Å²) in [5, 5.41) is 0. The minimum atomic E-state index is -0.678. The first-order valence-electron chi connectivity index (χ1n) is 10.4. The van der Waals surface area contributed by atoms with Gasteiger partial charge >= 0.3 is 0 Å². The zero-order valence-corrected chi connectivity index (χ0v) is 16.9. The highest BCUT2D eigenvalue weighted by molar-refractivity contribution is 5.96. The highest BCUT2D eigenvalue weighted by Crippen LogP contribution is 2.51. The van der Waals surface area contributed by atoms with Crippen LogP contribution in [0.4, 0.5) is 0 Å². The minimum Gasteiger partial charge on any atom is -0.351 e. The van der Waals surface area contributed by atoms with Gasteiger partial charge < -0.3 is 14.5 Å². The summed E-state index contributed by atoms with van der Waals surface area (Å²) in [6.07, 6.45) is 1.00. The van der Waals surface area contributed by atoms with Gasteiger partial charge in [-0.05, 0) is 29.2 Å². The maximum Gasteiger partial charge on any atom is 0.254 e. The van der Waals surface area contributed by atoms with E-state index >= 15 is 0 Å². The van der Waals surface area contributed by atoms with Gasteiger partial charge in [-0.25, -0.2) is 0 Å². The molecule has 3 saturated heterocycles. The predicted molar refractivity (Wildman–Crippen MR) is 109 cm³/mol. The molecule has 0 radical (unpaired) electrons. The first-order valence-corrected chi connectivity index (χ1v) is 10.4. The Morgan fingerprint density at radius 3 is 2.69 bits per heavy atom. The lowest BCUT2D eigenvalue weighted by Crippen LogP contribution is -2.49. The molecular weight excluding hydrogens is 364 g/mol. The summed E-state index contributed by atoms with van der Waals surface area (Å²) in [6.45, 7) is 5.34. The van der Waals surface area contributed by atoms with E-state index in [1.165, 1.54) is 0 Å². The van der Waals surface area contributed by atoms with Crippen LogP contribution in [0, 0.1) is 0 Å². The van der Waals surface area contributed by atoms with Gasteiger partial charge in [0.1, 0.15) is 0 Å². The summed E-state index contributed by atoms with van der Waals surface area (Å²) in [7, 11) is 0. The molecule has 150 valence electrons. The average Bonchev–Trinajstić information content (AvgIpc) is 3.37. The molecule has 2 aromatic carbocycles. The summed E-state index contributed by atoms with van der Waals surface area (Å²) in [6, 6.07) is 17.6. The molecular formula is C24H26N2O3. The number of hydrogen-bond donors (Lipinski definition) is 0. The lowest BCUT2D eigenvalue weighted by atomic mass is 10.00. The quantitative estimate of drug-likeness (QED) is 0.803. The molecule has 1 spiro atoms. The first-order chi connectivity index (χ1) is 14.0. The van der Waals surface area contributed by atoms with Crippen molar-refractivity contribution >= 4 is 11.8 Å². The summed E-state index contributed by atoms with van der Waals surface area (Å²) in [5.74, 6) is 0.437. The molecule has 3 heterocycles. The number of ether oxygens (including phenoxy) is 1. The number of carbonyl (C=O) groups excluding carboxylic acids is 2. The van der Waals surface area contributed by atoms with Crippen molar-refractivity contribution in [3.05, 3.63) is 71.3 Å². The van der Waals surface area contributed by atoms with E-state index < -0.39 is 5.72 Å². The van der Waals surface area contributed by atoms with E-state index in [1.807, 2.05) is 58.3 Å². The molecule has 5 heteroatoms. The number of benzene rings is 2. The second-order valence-electron chi connectivity index (χ2n) is 8.59. The van der Waals surface area contributed by atoms with Crippen LogP contribution in [0.1, 0.15) is 60.1 Å². The minimum absolute atomic E-state index is 0.00390. The van der Waals surface area contributed by atoms with Crippen LogP contribution in [-0.2, 0) is 9.53 Å². The van der Waals surface area contributed by atoms with Crippen molar-refractivity contribution in [2.45, 2.75) is 50.4 Å². The molecule has 5 rings (SSSR count). The van der Waals surface area contributed by atoms with Crippen LogP contribution in [0.15, 0.2) is 54.6 Å². The van der Waals surface area contributed by atoms with Gasteiger partial charge in [0, 0.05) is 18.5 Å². The third-order valence-electron chi connectivity index (χ3n) is 6.70. The van der Waals surface area contributed by atoms with E-state index in [-0.39, 0.29) is 23.9 Å². The third kappa shape index (κ3) is 2.71. The van der Waals surface area contributed by atoms with Crippen LogP contribution in [0.3, 0.4) is 0 Å². The molecule has 3 aliphatic heterocycles. The Kier molecular flexibility index (Phi) is 4.24. The number of hydrogen-bond acceptors (Lipinski definition) is 3. The monoisotopic (exact) mass is 390 g/mol. The molecule has 0 aromatic heterocycles. The maximum atomic E-state index is 13.3. The molecule has 0 unspecified atom stereocenters. The number of likely N-dealkylation sites (tertiary alicyclic amines) is 1. The normalized spacial score (nSPS) is 28.2. The Labute approximate surface area is 171 Å². The molecule has 5 nitrogen and oxygen atoms in total. The summed E-state index contributed by atoms with van der Waals surface area (Å²) in [5.41, 5.74) is 2.25. The van der Waals surface area contributed by atoms with Crippen LogP contribution < -0.4 is 0 Å². The van der Waals surface area contributed by atoms with Gasteiger partial charge in [-0.2, -0.15) is 0 Å². The molecule has 0 aliphatic carbocycles. The van der Waals surface area contributed by atoms with E-state index in [0.717, 1.165) is 11.1 Å². The predicted octanol–water partition coefficient (Wildman–Crippen LogP) is 3.72. The second-order valence-corrected chi connectivity index (χ2v) is 8.59. The smallest absolute Gasteiger partial charge is 0.254 e. The van der Waals surface area contributed by atoms with Crippen molar-refractivity contribution in [1.82, 2.24) is 9.80 Å². The van der Waals surface area contributed by atoms with E-state index in [2.05, 4.69) is 19.9 Å². The molecule has 3 atom stereocenters. The molecule has 2 amide bonds. The van der Waals surface area contributed by atoms with Crippen LogP contribution in [0.2, 0.25) is 0 Å². The Bertz CT molecular complexity index is 958. The zero-order chi connectivity index (χ0) is 20.2. The molecule has 3 aliphatic rings. The van der Waals surface area contributed by atoms with Crippen LogP contribution in [-0.4, -0.2) is 46.5 Å². The topological polar surface area (TPSA) is 49.9 Å². The van der Waals surface area contributed by atoms with E-state index in [4.69, 9.17) is 4.74 Å². The molecule has 0 N–H and O–H groups in total. The molecule has 29 heavy (non-hydrogen) atoms. The van der Waals surface area contributed by atoms with Gasteiger partial charge in [-0.1, -0.05) is 56.3 Å². The second kappa shape index (κ2) is 6.70. The molecule has 3 fully saturated rings. The van der Waals surface area contributed by atoms with Crippen molar-refractivity contribution < 1.29 is 14.3 Å². The van der Waals surface area contributed by atoms with E-state index in [9.17, 15) is 9.59 Å². The van der Waals surface area contributed by atoms with E-state index in [1.54, 1.807) is 0 Å². The Morgan fingerprint density at radius 2 is 1.93 bits per heavy atom. The molecule has 0 bridgehead atoms. The lowest BCUT2D eigenvalue weighted by molar-refractivity contribution is -0.138. The summed E-state index contributed by atoms with van der Waals surface area (Å²) >= 11 is 0. The number of amides is 2. The Hall–Kier alpha value is -2.66. The standard InChI is InChI=1S/C24H26N2O3/c1-16(2)18-9-6-10-19(13-18)23(28)25-12-11-24-21(25)14-22(27)26(24)20(15-29-24)17-7-4-3-5-8-17/h3-10,13,16,20-21H,11-12,14-15H2,1-2H3/t20-,21+,24-/m0/s1. The van der Waals surface area contributed by atoms with E-state index in [0.29, 0.717) is 37.5 Å². The third-order valence-corrected chi connectivity index (χ3v) is 6.70. The van der Waals surface area contributed by atoms with Gasteiger partial charge in [-0.3, -0.25) is 9.59 Å². The Morgan fingerprint density at radius 1 is 1.14 bits per heavy atom. The van der Waals surface area contributed by atoms with Crippen molar-refractivity contribution in [3.8, 4) is 0 Å². The molecule has 2 aromatic rings. The maximum absolute atomic E-state index is 13.3.